The molecule has 1 aliphatic heterocycles. The Hall–Kier alpha value is -3.92. The summed E-state index contributed by atoms with van der Waals surface area (Å²) in [4.78, 5) is 30.9. The molecule has 10 nitrogen and oxygen atoms in total. The van der Waals surface area contributed by atoms with Gasteiger partial charge in [0.05, 0.1) is 24.9 Å². The van der Waals surface area contributed by atoms with Crippen molar-refractivity contribution in [3.8, 4) is 11.4 Å². The van der Waals surface area contributed by atoms with Crippen LogP contribution in [0.25, 0.3) is 5.69 Å². The van der Waals surface area contributed by atoms with Gasteiger partial charge in [-0.25, -0.2) is 0 Å². The molecule has 1 atom stereocenters. The van der Waals surface area contributed by atoms with Crippen molar-refractivity contribution in [2.24, 2.45) is 10.4 Å². The van der Waals surface area contributed by atoms with Crippen LogP contribution in [-0.2, 0) is 4.79 Å². The summed E-state index contributed by atoms with van der Waals surface area (Å²) >= 11 is 6.15. The molecular formula is C28H32ClN6O4-. The van der Waals surface area contributed by atoms with Gasteiger partial charge in [-0.1, -0.05) is 44.5 Å². The molecule has 0 bridgehead atoms. The monoisotopic (exact) mass is 551 g/mol. The van der Waals surface area contributed by atoms with Gasteiger partial charge in [-0.05, 0) is 42.7 Å². The van der Waals surface area contributed by atoms with Crippen molar-refractivity contribution in [2.75, 3.05) is 26.7 Å². The molecule has 2 aromatic carbocycles. The highest BCUT2D eigenvalue weighted by atomic mass is 35.5. The number of methoxy groups -OCH3 is 1. The van der Waals surface area contributed by atoms with Crippen molar-refractivity contribution in [2.45, 2.75) is 40.2 Å². The molecule has 0 saturated carbocycles. The molecule has 1 aliphatic rings. The maximum absolute atomic E-state index is 13.1. The first-order valence-corrected chi connectivity index (χ1v) is 13.0. The number of carbonyl (C=O) groups excluding carboxylic acids is 2. The number of halogens is 1. The SMILES string of the molecule is COc1ccc2c(c1)C(c1ccc(Cl)cc1)=N[C@@H](CC(=O)NCCN(CC(C)(C)C)C(=O)[O-])c1nnc(C)n1-2. The second kappa shape index (κ2) is 11.4. The lowest BCUT2D eigenvalue weighted by atomic mass is 9.96. The fourth-order valence-electron chi connectivity index (χ4n) is 4.56. The topological polar surface area (TPSA) is 125 Å². The predicted molar refractivity (Wildman–Crippen MR) is 147 cm³/mol. The minimum atomic E-state index is -1.27. The summed E-state index contributed by atoms with van der Waals surface area (Å²) in [5, 5.41) is 23.6. The van der Waals surface area contributed by atoms with Crippen LogP contribution in [0.1, 0.15) is 56.0 Å². The lowest BCUT2D eigenvalue weighted by Crippen LogP contribution is -2.48. The number of aliphatic imine (C=N–C) groups is 1. The Balaban J connectivity index is 1.65. The fourth-order valence-corrected chi connectivity index (χ4v) is 4.69. The van der Waals surface area contributed by atoms with Gasteiger partial charge in [0.2, 0.25) is 5.91 Å². The van der Waals surface area contributed by atoms with E-state index in [0.717, 1.165) is 16.8 Å². The van der Waals surface area contributed by atoms with Crippen molar-refractivity contribution in [1.29, 1.82) is 0 Å². The average Bonchev–Trinajstić information content (AvgIpc) is 3.20. The van der Waals surface area contributed by atoms with Crippen LogP contribution in [0.4, 0.5) is 4.79 Å². The highest BCUT2D eigenvalue weighted by molar-refractivity contribution is 6.30. The summed E-state index contributed by atoms with van der Waals surface area (Å²) in [6.07, 6.45) is -1.28. The molecule has 0 unspecified atom stereocenters. The third kappa shape index (κ3) is 6.57. The average molecular weight is 552 g/mol. The summed E-state index contributed by atoms with van der Waals surface area (Å²) in [6, 6.07) is 12.4. The zero-order valence-electron chi connectivity index (χ0n) is 22.7. The number of aryl methyl sites for hydroxylation is 1. The van der Waals surface area contributed by atoms with Crippen molar-refractivity contribution >= 4 is 29.3 Å². The van der Waals surface area contributed by atoms with Gasteiger partial charge >= 0.3 is 0 Å². The standard InChI is InChI=1S/C28H33ClN6O4/c1-17-32-33-26-22(15-24(36)30-12-13-34(27(37)38)16-28(2,3)4)31-25(18-6-8-19(29)9-7-18)21-14-20(39-5)10-11-23(21)35(17)26/h6-11,14,22H,12-13,15-16H2,1-5H3,(H,30,36)(H,37,38)/p-1/t22-/m0/s1. The molecule has 4 rings (SSSR count). The summed E-state index contributed by atoms with van der Waals surface area (Å²) in [6.45, 7) is 8.23. The number of rotatable bonds is 8. The molecule has 39 heavy (non-hydrogen) atoms. The Morgan fingerprint density at radius 3 is 2.51 bits per heavy atom. The van der Waals surface area contributed by atoms with E-state index in [-0.39, 0.29) is 30.8 Å². The second-order valence-corrected chi connectivity index (χ2v) is 11.1. The first-order valence-electron chi connectivity index (χ1n) is 12.6. The molecule has 2 heterocycles. The molecule has 0 radical (unpaired) electrons. The van der Waals surface area contributed by atoms with E-state index in [4.69, 9.17) is 21.3 Å². The molecule has 1 aromatic heterocycles. The lowest BCUT2D eigenvalue weighted by Gasteiger charge is -2.32. The van der Waals surface area contributed by atoms with Gasteiger partial charge in [0.1, 0.15) is 23.7 Å². The van der Waals surface area contributed by atoms with Crippen molar-refractivity contribution in [1.82, 2.24) is 25.0 Å². The number of fused-ring (bicyclic) bond motifs is 3. The first kappa shape index (κ1) is 28.1. The number of carboxylic acid groups (broad SMARTS) is 1. The Morgan fingerprint density at radius 1 is 1.15 bits per heavy atom. The summed E-state index contributed by atoms with van der Waals surface area (Å²) in [5.74, 6) is 1.55. The van der Waals surface area contributed by atoms with E-state index in [1.807, 2.05) is 62.6 Å². The molecule has 11 heteroatoms. The van der Waals surface area contributed by atoms with Crippen molar-refractivity contribution < 1.29 is 19.4 Å². The lowest BCUT2D eigenvalue weighted by molar-refractivity contribution is -0.266. The number of hydrogen-bond donors (Lipinski definition) is 1. The van der Waals surface area contributed by atoms with E-state index in [0.29, 0.717) is 34.7 Å². The number of benzene rings is 2. The molecular weight excluding hydrogens is 520 g/mol. The number of aromatic nitrogens is 3. The maximum Gasteiger partial charge on any atom is 0.222 e. The van der Waals surface area contributed by atoms with Crippen LogP contribution in [0.2, 0.25) is 5.02 Å². The Morgan fingerprint density at radius 2 is 1.87 bits per heavy atom. The normalized spacial score (nSPS) is 14.5. The number of carbonyl (C=O) groups is 2. The highest BCUT2D eigenvalue weighted by Gasteiger charge is 2.30. The van der Waals surface area contributed by atoms with Gasteiger partial charge in [-0.2, -0.15) is 0 Å². The van der Waals surface area contributed by atoms with Crippen LogP contribution < -0.4 is 15.2 Å². The first-order chi connectivity index (χ1) is 18.5. The van der Waals surface area contributed by atoms with E-state index in [1.54, 1.807) is 19.2 Å². The summed E-state index contributed by atoms with van der Waals surface area (Å²) in [7, 11) is 1.60. The van der Waals surface area contributed by atoms with Crippen LogP contribution in [0.5, 0.6) is 5.75 Å². The molecule has 3 aromatic rings. The molecule has 1 N–H and O–H groups in total. The zero-order chi connectivity index (χ0) is 28.3. The van der Waals surface area contributed by atoms with Gasteiger partial charge in [0, 0.05) is 35.8 Å². The van der Waals surface area contributed by atoms with Gasteiger partial charge < -0.3 is 24.9 Å². The molecule has 0 spiro atoms. The molecule has 0 fully saturated rings. The molecule has 2 amide bonds. The summed E-state index contributed by atoms with van der Waals surface area (Å²) in [5.41, 5.74) is 2.86. The Bertz CT molecular complexity index is 1390. The molecule has 0 saturated heterocycles. The van der Waals surface area contributed by atoms with Gasteiger partial charge in [0.25, 0.3) is 0 Å². The number of ether oxygens (including phenoxy) is 1. The summed E-state index contributed by atoms with van der Waals surface area (Å²) < 4.78 is 7.40. The third-order valence-corrected chi connectivity index (χ3v) is 6.51. The van der Waals surface area contributed by atoms with E-state index in [1.165, 1.54) is 4.90 Å². The maximum atomic E-state index is 13.1. The quantitative estimate of drug-likeness (QED) is 0.458. The largest absolute Gasteiger partial charge is 0.530 e. The van der Waals surface area contributed by atoms with Crippen LogP contribution >= 0.6 is 11.6 Å². The molecule has 0 aliphatic carbocycles. The van der Waals surface area contributed by atoms with Crippen LogP contribution in [0.15, 0.2) is 47.5 Å². The zero-order valence-corrected chi connectivity index (χ0v) is 23.5. The fraction of sp³-hybridized carbons (Fsp3) is 0.393. The number of amides is 2. The van der Waals surface area contributed by atoms with E-state index in [9.17, 15) is 14.7 Å². The van der Waals surface area contributed by atoms with Crippen molar-refractivity contribution in [3.05, 3.63) is 70.3 Å². The predicted octanol–water partition coefficient (Wildman–Crippen LogP) is 3.33. The minimum Gasteiger partial charge on any atom is -0.530 e. The highest BCUT2D eigenvalue weighted by Crippen LogP contribution is 2.34. The number of nitrogens with one attached hydrogen (secondary N) is 1. The number of nitrogens with zero attached hydrogens (tertiary/aromatic N) is 5. The third-order valence-electron chi connectivity index (χ3n) is 6.26. The van der Waals surface area contributed by atoms with Gasteiger partial charge in [-0.15, -0.1) is 10.2 Å². The van der Waals surface area contributed by atoms with E-state index in [2.05, 4.69) is 15.5 Å². The molecule has 206 valence electrons. The minimum absolute atomic E-state index is 0.00899. The van der Waals surface area contributed by atoms with Crippen LogP contribution in [0.3, 0.4) is 0 Å². The number of hydrogen-bond acceptors (Lipinski definition) is 7. The Kier molecular flexibility index (Phi) is 8.25. The van der Waals surface area contributed by atoms with E-state index < -0.39 is 12.1 Å². The second-order valence-electron chi connectivity index (χ2n) is 10.6. The van der Waals surface area contributed by atoms with Crippen molar-refractivity contribution in [3.63, 3.8) is 0 Å². The van der Waals surface area contributed by atoms with Crippen LogP contribution in [0, 0.1) is 12.3 Å². The van der Waals surface area contributed by atoms with Gasteiger partial charge in [0.15, 0.2) is 5.82 Å². The van der Waals surface area contributed by atoms with Crippen LogP contribution in [-0.4, -0.2) is 64.1 Å². The smallest absolute Gasteiger partial charge is 0.222 e. The van der Waals surface area contributed by atoms with E-state index >= 15 is 0 Å². The Labute approximate surface area is 232 Å². The van der Waals surface area contributed by atoms with Gasteiger partial charge in [-0.3, -0.25) is 14.4 Å².